The first-order valence-corrected chi connectivity index (χ1v) is 3.60. The highest BCUT2D eigenvalue weighted by Gasteiger charge is 2.01. The zero-order valence-electron chi connectivity index (χ0n) is 7.31. The summed E-state index contributed by atoms with van der Waals surface area (Å²) in [5.41, 5.74) is 0.426. The molecule has 0 aromatic rings. The summed E-state index contributed by atoms with van der Waals surface area (Å²) in [6.07, 6.45) is 0. The second kappa shape index (κ2) is 4.91. The van der Waals surface area contributed by atoms with Crippen LogP contribution in [0, 0.1) is 0 Å². The number of nitrogens with one attached hydrogen (secondary N) is 1. The molecule has 0 heterocycles. The fourth-order valence-corrected chi connectivity index (χ4v) is 0.397. The smallest absolute Gasteiger partial charge is 0.334 e. The molecule has 0 aliphatic heterocycles. The van der Waals surface area contributed by atoms with Crippen molar-refractivity contribution in [3.8, 4) is 0 Å². The molecule has 11 heavy (non-hydrogen) atoms. The van der Waals surface area contributed by atoms with Gasteiger partial charge >= 0.3 is 5.97 Å². The van der Waals surface area contributed by atoms with Crippen LogP contribution in [0.25, 0.3) is 0 Å². The highest BCUT2D eigenvalue weighted by atomic mass is 16.5. The first kappa shape index (κ1) is 10.2. The molecule has 0 radical (unpaired) electrons. The first-order valence-electron chi connectivity index (χ1n) is 3.60. The van der Waals surface area contributed by atoms with Crippen molar-refractivity contribution in [3.63, 3.8) is 0 Å². The minimum atomic E-state index is -0.349. The number of hydrogen-bond acceptors (Lipinski definition) is 3. The zero-order chi connectivity index (χ0) is 8.85. The highest BCUT2D eigenvalue weighted by Crippen LogP contribution is 1.90. The van der Waals surface area contributed by atoms with Crippen LogP contribution < -0.4 is 5.32 Å². The average Bonchev–Trinajstić information content (AvgIpc) is 1.86. The Balaban J connectivity index is 3.40. The fraction of sp³-hybridized carbons (Fsp3) is 0.625. The lowest BCUT2D eigenvalue weighted by Gasteiger charge is -2.08. The number of carbonyl (C=O) groups excluding carboxylic acids is 1. The quantitative estimate of drug-likeness (QED) is 0.377. The van der Waals surface area contributed by atoms with Gasteiger partial charge in [-0.2, -0.15) is 0 Å². The monoisotopic (exact) mass is 157 g/mol. The van der Waals surface area contributed by atoms with Crippen molar-refractivity contribution in [2.24, 2.45) is 0 Å². The number of hydrogen-bond donors (Lipinski definition) is 1. The molecule has 0 saturated carbocycles. The van der Waals surface area contributed by atoms with Gasteiger partial charge in [-0.3, -0.25) is 5.32 Å². The third kappa shape index (κ3) is 5.61. The van der Waals surface area contributed by atoms with Crippen LogP contribution in [-0.2, 0) is 9.53 Å². The Kier molecular flexibility index (Phi) is 4.54. The van der Waals surface area contributed by atoms with Gasteiger partial charge in [0.05, 0.1) is 0 Å². The summed E-state index contributed by atoms with van der Waals surface area (Å²) >= 11 is 0. The van der Waals surface area contributed by atoms with Gasteiger partial charge in [-0.1, -0.05) is 6.58 Å². The van der Waals surface area contributed by atoms with Crippen LogP contribution in [0.1, 0.15) is 20.8 Å². The normalized spacial score (nSPS) is 9.82. The van der Waals surface area contributed by atoms with Crippen LogP contribution in [0.15, 0.2) is 12.2 Å². The Bertz CT molecular complexity index is 152. The van der Waals surface area contributed by atoms with Crippen molar-refractivity contribution in [2.75, 3.05) is 6.73 Å². The van der Waals surface area contributed by atoms with Gasteiger partial charge in [0, 0.05) is 11.6 Å². The molecule has 0 fully saturated rings. The van der Waals surface area contributed by atoms with Crippen LogP contribution in [-0.4, -0.2) is 18.7 Å². The van der Waals surface area contributed by atoms with E-state index < -0.39 is 0 Å². The van der Waals surface area contributed by atoms with E-state index in [1.807, 2.05) is 13.8 Å². The predicted molar refractivity (Wildman–Crippen MR) is 44.0 cm³/mol. The van der Waals surface area contributed by atoms with Gasteiger partial charge in [-0.25, -0.2) is 4.79 Å². The second-order valence-corrected chi connectivity index (χ2v) is 2.72. The summed E-state index contributed by atoms with van der Waals surface area (Å²) in [5.74, 6) is -0.349. The Morgan fingerprint density at radius 2 is 2.18 bits per heavy atom. The molecule has 3 nitrogen and oxygen atoms in total. The van der Waals surface area contributed by atoms with E-state index in [-0.39, 0.29) is 12.7 Å². The zero-order valence-corrected chi connectivity index (χ0v) is 7.31. The van der Waals surface area contributed by atoms with Gasteiger partial charge in [0.1, 0.15) is 6.73 Å². The van der Waals surface area contributed by atoms with E-state index in [1.54, 1.807) is 6.92 Å². The highest BCUT2D eigenvalue weighted by molar-refractivity contribution is 5.86. The number of rotatable bonds is 4. The topological polar surface area (TPSA) is 38.3 Å². The van der Waals surface area contributed by atoms with E-state index in [0.29, 0.717) is 11.6 Å². The van der Waals surface area contributed by atoms with Gasteiger partial charge in [0.15, 0.2) is 0 Å². The number of ether oxygens (including phenoxy) is 1. The van der Waals surface area contributed by atoms with Gasteiger partial charge in [-0.05, 0) is 20.8 Å². The number of esters is 1. The molecule has 64 valence electrons. The summed E-state index contributed by atoms with van der Waals surface area (Å²) in [6, 6.07) is 0.327. The lowest BCUT2D eigenvalue weighted by atomic mass is 10.4. The molecule has 0 amide bonds. The summed E-state index contributed by atoms with van der Waals surface area (Å²) in [5, 5.41) is 2.95. The summed E-state index contributed by atoms with van der Waals surface area (Å²) in [7, 11) is 0. The Hall–Kier alpha value is -0.830. The molecule has 0 aliphatic rings. The predicted octanol–water partition coefficient (Wildman–Crippen LogP) is 1.06. The molecule has 0 unspecified atom stereocenters. The van der Waals surface area contributed by atoms with E-state index in [4.69, 9.17) is 4.74 Å². The summed E-state index contributed by atoms with van der Waals surface area (Å²) in [6.45, 7) is 9.29. The summed E-state index contributed by atoms with van der Waals surface area (Å²) < 4.78 is 4.76. The van der Waals surface area contributed by atoms with E-state index in [9.17, 15) is 4.79 Å². The molecule has 0 aromatic carbocycles. The molecule has 0 rings (SSSR count). The SMILES string of the molecule is C=C(C)C(=O)OCNC(C)C. The molecular formula is C8H15NO2. The molecule has 0 aromatic heterocycles. The van der Waals surface area contributed by atoms with Crippen LogP contribution in [0.5, 0.6) is 0 Å². The van der Waals surface area contributed by atoms with Gasteiger partial charge in [0.25, 0.3) is 0 Å². The molecule has 0 bridgehead atoms. The van der Waals surface area contributed by atoms with Crippen molar-refractivity contribution in [2.45, 2.75) is 26.8 Å². The van der Waals surface area contributed by atoms with Gasteiger partial charge in [-0.15, -0.1) is 0 Å². The standard InChI is InChI=1S/C8H15NO2/c1-6(2)8(10)11-5-9-7(3)4/h7,9H,1,5H2,2-4H3. The van der Waals surface area contributed by atoms with Crippen molar-refractivity contribution in [1.82, 2.24) is 5.32 Å². The minimum absolute atomic E-state index is 0.253. The van der Waals surface area contributed by atoms with E-state index >= 15 is 0 Å². The van der Waals surface area contributed by atoms with Gasteiger partial charge < -0.3 is 4.74 Å². The summed E-state index contributed by atoms with van der Waals surface area (Å²) in [4.78, 5) is 10.8. The van der Waals surface area contributed by atoms with Crippen LogP contribution in [0.2, 0.25) is 0 Å². The van der Waals surface area contributed by atoms with Crippen LogP contribution in [0.4, 0.5) is 0 Å². The van der Waals surface area contributed by atoms with Crippen molar-refractivity contribution < 1.29 is 9.53 Å². The maximum absolute atomic E-state index is 10.8. The largest absolute Gasteiger partial charge is 0.446 e. The molecule has 1 N–H and O–H groups in total. The third-order valence-electron chi connectivity index (χ3n) is 1.04. The minimum Gasteiger partial charge on any atom is -0.446 e. The van der Waals surface area contributed by atoms with Crippen molar-refractivity contribution in [1.29, 1.82) is 0 Å². The first-order chi connectivity index (χ1) is 5.04. The van der Waals surface area contributed by atoms with E-state index in [1.165, 1.54) is 0 Å². The number of carbonyl (C=O) groups is 1. The molecule has 3 heteroatoms. The molecule has 0 saturated heterocycles. The molecule has 0 spiro atoms. The molecule has 0 atom stereocenters. The van der Waals surface area contributed by atoms with Crippen molar-refractivity contribution in [3.05, 3.63) is 12.2 Å². The maximum atomic E-state index is 10.8. The van der Waals surface area contributed by atoms with E-state index in [2.05, 4.69) is 11.9 Å². The average molecular weight is 157 g/mol. The lowest BCUT2D eigenvalue weighted by molar-refractivity contribution is -0.139. The second-order valence-electron chi connectivity index (χ2n) is 2.72. The van der Waals surface area contributed by atoms with Crippen LogP contribution >= 0.6 is 0 Å². The Morgan fingerprint density at radius 1 is 1.64 bits per heavy atom. The van der Waals surface area contributed by atoms with E-state index in [0.717, 1.165) is 0 Å². The van der Waals surface area contributed by atoms with Gasteiger partial charge in [0.2, 0.25) is 0 Å². The lowest BCUT2D eigenvalue weighted by Crippen LogP contribution is -2.27. The van der Waals surface area contributed by atoms with Crippen molar-refractivity contribution >= 4 is 5.97 Å². The molecule has 0 aliphatic carbocycles. The fourth-order valence-electron chi connectivity index (χ4n) is 0.397. The third-order valence-corrected chi connectivity index (χ3v) is 1.04. The molecular weight excluding hydrogens is 142 g/mol. The Labute approximate surface area is 67.4 Å². The maximum Gasteiger partial charge on any atom is 0.334 e. The Morgan fingerprint density at radius 3 is 2.55 bits per heavy atom. The van der Waals surface area contributed by atoms with Crippen LogP contribution in [0.3, 0.4) is 0 Å².